The Kier molecular flexibility index (Phi) is 7.23. The Labute approximate surface area is 221 Å². The fourth-order valence-electron chi connectivity index (χ4n) is 4.25. The summed E-state index contributed by atoms with van der Waals surface area (Å²) in [6.45, 7) is 5.07. The van der Waals surface area contributed by atoms with Crippen LogP contribution in [0.2, 0.25) is 0 Å². The third-order valence-corrected chi connectivity index (χ3v) is 6.40. The highest BCUT2D eigenvalue weighted by Gasteiger charge is 2.24. The van der Waals surface area contributed by atoms with E-state index >= 15 is 0 Å². The Hall–Kier alpha value is -4.44. The van der Waals surface area contributed by atoms with Crippen LogP contribution < -0.4 is 20.7 Å². The van der Waals surface area contributed by atoms with Gasteiger partial charge in [-0.05, 0) is 62.7 Å². The number of nitrogens with zero attached hydrogens (tertiary/aromatic N) is 5. The van der Waals surface area contributed by atoms with Gasteiger partial charge >= 0.3 is 0 Å². The van der Waals surface area contributed by atoms with Gasteiger partial charge in [0, 0.05) is 36.8 Å². The van der Waals surface area contributed by atoms with Crippen molar-refractivity contribution in [1.29, 1.82) is 0 Å². The summed E-state index contributed by atoms with van der Waals surface area (Å²) in [5.41, 5.74) is 4.26. The number of carbonyl (C=O) groups is 1. The maximum Gasteiger partial charge on any atom is 0.247 e. The molecule has 2 aromatic heterocycles. The summed E-state index contributed by atoms with van der Waals surface area (Å²) in [7, 11) is 5.59. The molecule has 0 atom stereocenters. The van der Waals surface area contributed by atoms with Crippen molar-refractivity contribution in [2.75, 3.05) is 50.2 Å². The fourth-order valence-corrected chi connectivity index (χ4v) is 4.25. The average molecular weight is 513 g/mol. The summed E-state index contributed by atoms with van der Waals surface area (Å²) < 4.78 is 7.46. The lowest BCUT2D eigenvalue weighted by atomic mass is 10.1. The van der Waals surface area contributed by atoms with E-state index < -0.39 is 0 Å². The molecular weight excluding hydrogens is 480 g/mol. The molecule has 2 aromatic carbocycles. The van der Waals surface area contributed by atoms with Crippen LogP contribution in [0.5, 0.6) is 5.75 Å². The SMILES string of the molecule is C=CC(=O)Nc1cc(Nc2nccc(-n3ncc4cc(C5CC5)ccc43)n2)c(OC)cc1NCCN(C)C. The summed E-state index contributed by atoms with van der Waals surface area (Å²) in [4.78, 5) is 23.3. The summed E-state index contributed by atoms with van der Waals surface area (Å²) in [5, 5.41) is 15.1. The Morgan fingerprint density at radius 3 is 2.76 bits per heavy atom. The number of hydrogen-bond donors (Lipinski definition) is 3. The van der Waals surface area contributed by atoms with Crippen LogP contribution in [0.25, 0.3) is 16.7 Å². The number of fused-ring (bicyclic) bond motifs is 1. The van der Waals surface area contributed by atoms with E-state index in [1.54, 1.807) is 19.4 Å². The molecule has 38 heavy (non-hydrogen) atoms. The van der Waals surface area contributed by atoms with Gasteiger partial charge in [0.15, 0.2) is 5.82 Å². The normalized spacial score (nSPS) is 12.9. The van der Waals surface area contributed by atoms with Crippen molar-refractivity contribution in [3.8, 4) is 11.6 Å². The molecule has 0 spiro atoms. The second kappa shape index (κ2) is 10.9. The maximum absolute atomic E-state index is 12.1. The molecule has 0 unspecified atom stereocenters. The predicted molar refractivity (Wildman–Crippen MR) is 151 cm³/mol. The van der Waals surface area contributed by atoms with Crippen LogP contribution in [0.4, 0.5) is 23.0 Å². The lowest BCUT2D eigenvalue weighted by Crippen LogP contribution is -2.21. The molecule has 0 radical (unpaired) electrons. The quantitative estimate of drug-likeness (QED) is 0.251. The van der Waals surface area contributed by atoms with Gasteiger partial charge in [0.2, 0.25) is 11.9 Å². The molecule has 5 rings (SSSR count). The summed E-state index contributed by atoms with van der Waals surface area (Å²) in [5.74, 6) is 1.94. The molecule has 3 N–H and O–H groups in total. The minimum Gasteiger partial charge on any atom is -0.494 e. The van der Waals surface area contributed by atoms with E-state index in [1.165, 1.54) is 24.5 Å². The van der Waals surface area contributed by atoms with Crippen LogP contribution in [0.1, 0.15) is 24.3 Å². The summed E-state index contributed by atoms with van der Waals surface area (Å²) in [6.07, 6.45) is 7.30. The third-order valence-electron chi connectivity index (χ3n) is 6.40. The third kappa shape index (κ3) is 5.60. The summed E-state index contributed by atoms with van der Waals surface area (Å²) in [6, 6.07) is 11.9. The van der Waals surface area contributed by atoms with Gasteiger partial charge < -0.3 is 25.6 Å². The lowest BCUT2D eigenvalue weighted by Gasteiger charge is -2.19. The van der Waals surface area contributed by atoms with Gasteiger partial charge in [-0.2, -0.15) is 10.1 Å². The van der Waals surface area contributed by atoms with Crippen molar-refractivity contribution in [3.05, 3.63) is 67.0 Å². The first-order chi connectivity index (χ1) is 18.4. The van der Waals surface area contributed by atoms with E-state index in [2.05, 4.69) is 55.7 Å². The monoisotopic (exact) mass is 512 g/mol. The van der Waals surface area contributed by atoms with Gasteiger partial charge in [-0.1, -0.05) is 12.6 Å². The van der Waals surface area contributed by atoms with E-state index in [0.29, 0.717) is 41.4 Å². The molecule has 0 saturated heterocycles. The predicted octanol–water partition coefficient (Wildman–Crippen LogP) is 4.54. The molecule has 10 heteroatoms. The molecule has 2 heterocycles. The number of rotatable bonds is 11. The molecule has 10 nitrogen and oxygen atoms in total. The first-order valence-electron chi connectivity index (χ1n) is 12.6. The van der Waals surface area contributed by atoms with E-state index in [4.69, 9.17) is 9.72 Å². The fraction of sp³-hybridized carbons (Fsp3) is 0.286. The molecule has 1 aliphatic rings. The van der Waals surface area contributed by atoms with Crippen molar-refractivity contribution >= 4 is 39.8 Å². The standard InChI is InChI=1S/C28H32N8O2/c1-5-27(37)32-22-15-23(25(38-4)16-21(22)29-12-13-35(2)3)33-28-30-11-10-26(34-28)36-24-9-8-19(18-6-7-18)14-20(24)17-31-36/h5,8-11,14-18,29H,1,6-7,12-13H2,2-4H3,(H,32,37)(H,30,33,34). The zero-order chi connectivity index (χ0) is 26.6. The largest absolute Gasteiger partial charge is 0.494 e. The number of ether oxygens (including phenoxy) is 1. The van der Waals surface area contributed by atoms with Crippen molar-refractivity contribution in [3.63, 3.8) is 0 Å². The first-order valence-corrected chi connectivity index (χ1v) is 12.6. The van der Waals surface area contributed by atoms with Gasteiger partial charge in [0.05, 0.1) is 35.9 Å². The minimum absolute atomic E-state index is 0.314. The number of aromatic nitrogens is 4. The number of hydrogen-bond acceptors (Lipinski definition) is 8. The number of methoxy groups -OCH3 is 1. The second-order valence-corrected chi connectivity index (χ2v) is 9.53. The highest BCUT2D eigenvalue weighted by molar-refractivity contribution is 6.02. The Balaban J connectivity index is 1.44. The highest BCUT2D eigenvalue weighted by atomic mass is 16.5. The van der Waals surface area contributed by atoms with Crippen molar-refractivity contribution < 1.29 is 9.53 Å². The van der Waals surface area contributed by atoms with Crippen molar-refractivity contribution in [1.82, 2.24) is 24.6 Å². The molecule has 4 aromatic rings. The van der Waals surface area contributed by atoms with Gasteiger partial charge in [-0.15, -0.1) is 0 Å². The van der Waals surface area contributed by atoms with Gasteiger partial charge in [0.25, 0.3) is 0 Å². The number of benzene rings is 2. The van der Waals surface area contributed by atoms with Crippen LogP contribution in [-0.2, 0) is 4.79 Å². The van der Waals surface area contributed by atoms with E-state index in [0.717, 1.165) is 23.1 Å². The smallest absolute Gasteiger partial charge is 0.247 e. The van der Waals surface area contributed by atoms with Crippen LogP contribution >= 0.6 is 0 Å². The van der Waals surface area contributed by atoms with Crippen LogP contribution in [0, 0.1) is 0 Å². The topological polar surface area (TPSA) is 109 Å². The molecular formula is C28H32N8O2. The molecule has 1 fully saturated rings. The molecule has 196 valence electrons. The summed E-state index contributed by atoms with van der Waals surface area (Å²) >= 11 is 0. The van der Waals surface area contributed by atoms with Gasteiger partial charge in [0.1, 0.15) is 5.75 Å². The van der Waals surface area contributed by atoms with Gasteiger partial charge in [-0.25, -0.2) is 9.67 Å². The number of anilines is 4. The number of amides is 1. The maximum atomic E-state index is 12.1. The van der Waals surface area contributed by atoms with Crippen LogP contribution in [0.3, 0.4) is 0 Å². The molecule has 1 saturated carbocycles. The minimum atomic E-state index is -0.314. The Morgan fingerprint density at radius 2 is 2.03 bits per heavy atom. The number of nitrogens with one attached hydrogen (secondary N) is 3. The lowest BCUT2D eigenvalue weighted by molar-refractivity contribution is -0.111. The van der Waals surface area contributed by atoms with Gasteiger partial charge in [-0.3, -0.25) is 4.79 Å². The van der Waals surface area contributed by atoms with E-state index in [9.17, 15) is 4.79 Å². The van der Waals surface area contributed by atoms with Crippen LogP contribution in [0.15, 0.2) is 61.4 Å². The molecule has 1 amide bonds. The zero-order valence-electron chi connectivity index (χ0n) is 21.9. The zero-order valence-corrected chi connectivity index (χ0v) is 21.9. The molecule has 0 aliphatic heterocycles. The Bertz CT molecular complexity index is 1480. The van der Waals surface area contributed by atoms with Crippen molar-refractivity contribution in [2.24, 2.45) is 0 Å². The average Bonchev–Trinajstić information content (AvgIpc) is 3.68. The molecule has 1 aliphatic carbocycles. The molecule has 0 bridgehead atoms. The van der Waals surface area contributed by atoms with Crippen LogP contribution in [-0.4, -0.2) is 64.9 Å². The number of likely N-dealkylation sites (N-methyl/N-ethyl adjacent to an activating group) is 1. The van der Waals surface area contributed by atoms with Crippen molar-refractivity contribution in [2.45, 2.75) is 18.8 Å². The number of carbonyl (C=O) groups excluding carboxylic acids is 1. The van der Waals surface area contributed by atoms with E-state index in [-0.39, 0.29) is 5.91 Å². The second-order valence-electron chi connectivity index (χ2n) is 9.53. The highest BCUT2D eigenvalue weighted by Crippen LogP contribution is 2.41. The Morgan fingerprint density at radius 1 is 1.18 bits per heavy atom. The first kappa shape index (κ1) is 25.2. The van der Waals surface area contributed by atoms with E-state index in [1.807, 2.05) is 37.1 Å².